The first-order valence-electron chi connectivity index (χ1n) is 8.11. The molecule has 0 saturated heterocycles. The van der Waals surface area contributed by atoms with Crippen LogP contribution in [0.5, 0.6) is 0 Å². The summed E-state index contributed by atoms with van der Waals surface area (Å²) in [6.07, 6.45) is 2.63. The van der Waals surface area contributed by atoms with Gasteiger partial charge in [0.1, 0.15) is 0 Å². The molecule has 2 heterocycles. The first-order valence-corrected chi connectivity index (χ1v) is 8.11. The van der Waals surface area contributed by atoms with Crippen molar-refractivity contribution in [3.8, 4) is 0 Å². The Kier molecular flexibility index (Phi) is 4.38. The zero-order valence-corrected chi connectivity index (χ0v) is 13.8. The maximum Gasteiger partial charge on any atom is 0.331 e. The molecule has 1 aromatic heterocycles. The van der Waals surface area contributed by atoms with Gasteiger partial charge in [-0.15, -0.1) is 0 Å². The second-order valence-corrected chi connectivity index (χ2v) is 6.33. The molecule has 1 unspecified atom stereocenters. The van der Waals surface area contributed by atoms with Gasteiger partial charge in [0.15, 0.2) is 6.04 Å². The Bertz CT molecular complexity index is 766. The first kappa shape index (κ1) is 16.2. The highest BCUT2D eigenvalue weighted by Crippen LogP contribution is 2.30. The van der Waals surface area contributed by atoms with Gasteiger partial charge >= 0.3 is 5.97 Å². The molecule has 1 N–H and O–H groups in total. The summed E-state index contributed by atoms with van der Waals surface area (Å²) in [4.78, 5) is 25.9. The van der Waals surface area contributed by atoms with Crippen LogP contribution in [-0.2, 0) is 22.4 Å². The van der Waals surface area contributed by atoms with Gasteiger partial charge in [-0.3, -0.25) is 9.48 Å². The summed E-state index contributed by atoms with van der Waals surface area (Å²) in [6, 6.07) is 8.54. The van der Waals surface area contributed by atoms with E-state index in [1.807, 2.05) is 44.3 Å². The maximum atomic E-state index is 12.7. The summed E-state index contributed by atoms with van der Waals surface area (Å²) in [7, 11) is 0. The molecule has 1 atom stereocenters. The van der Waals surface area contributed by atoms with Crippen LogP contribution in [-0.4, -0.2) is 38.2 Å². The zero-order valence-electron chi connectivity index (χ0n) is 13.8. The van der Waals surface area contributed by atoms with Crippen LogP contribution >= 0.6 is 0 Å². The smallest absolute Gasteiger partial charge is 0.331 e. The summed E-state index contributed by atoms with van der Waals surface area (Å²) in [5, 5.41) is 14.0. The molecule has 1 aliphatic heterocycles. The molecule has 6 heteroatoms. The summed E-state index contributed by atoms with van der Waals surface area (Å²) < 4.78 is 1.79. The number of carbonyl (C=O) groups is 2. The molecule has 1 amide bonds. The van der Waals surface area contributed by atoms with Crippen LogP contribution in [0.25, 0.3) is 0 Å². The van der Waals surface area contributed by atoms with E-state index in [4.69, 9.17) is 0 Å². The van der Waals surface area contributed by atoms with Gasteiger partial charge in [-0.1, -0.05) is 24.3 Å². The van der Waals surface area contributed by atoms with Crippen molar-refractivity contribution in [1.82, 2.24) is 14.7 Å². The molecular formula is C18H21N3O3. The number of aliphatic carboxylic acids is 1. The maximum absolute atomic E-state index is 12.7. The normalized spacial score (nSPS) is 17.0. The lowest BCUT2D eigenvalue weighted by atomic mass is 9.92. The molecule has 6 nitrogen and oxygen atoms in total. The highest BCUT2D eigenvalue weighted by Gasteiger charge is 2.35. The molecule has 0 radical (unpaired) electrons. The van der Waals surface area contributed by atoms with Gasteiger partial charge in [-0.25, -0.2) is 4.79 Å². The average molecular weight is 327 g/mol. The van der Waals surface area contributed by atoms with Crippen molar-refractivity contribution >= 4 is 11.9 Å². The summed E-state index contributed by atoms with van der Waals surface area (Å²) in [6.45, 7) is 4.44. The number of aromatic nitrogens is 2. The lowest BCUT2D eigenvalue weighted by Gasteiger charge is -2.34. The van der Waals surface area contributed by atoms with E-state index in [2.05, 4.69) is 5.10 Å². The second-order valence-electron chi connectivity index (χ2n) is 6.33. The van der Waals surface area contributed by atoms with E-state index in [0.717, 1.165) is 5.56 Å². The highest BCUT2D eigenvalue weighted by molar-refractivity contribution is 5.86. The molecule has 24 heavy (non-hydrogen) atoms. The van der Waals surface area contributed by atoms with Crippen molar-refractivity contribution in [3.63, 3.8) is 0 Å². The number of amides is 1. The van der Waals surface area contributed by atoms with Gasteiger partial charge in [-0.2, -0.15) is 5.10 Å². The Morgan fingerprint density at radius 2 is 2.04 bits per heavy atom. The minimum Gasteiger partial charge on any atom is -0.479 e. The fourth-order valence-electron chi connectivity index (χ4n) is 3.12. The van der Waals surface area contributed by atoms with Crippen molar-refractivity contribution in [2.45, 2.75) is 38.8 Å². The number of fused-ring (bicyclic) bond motifs is 1. The second kappa shape index (κ2) is 6.47. The van der Waals surface area contributed by atoms with Crippen molar-refractivity contribution in [3.05, 3.63) is 53.3 Å². The van der Waals surface area contributed by atoms with E-state index in [1.165, 1.54) is 4.90 Å². The Hall–Kier alpha value is -2.63. The number of hydrogen-bond acceptors (Lipinski definition) is 3. The van der Waals surface area contributed by atoms with Gasteiger partial charge in [0, 0.05) is 18.8 Å². The molecule has 1 aliphatic rings. The topological polar surface area (TPSA) is 75.4 Å². The molecule has 1 aromatic carbocycles. The van der Waals surface area contributed by atoms with Crippen LogP contribution in [0.3, 0.4) is 0 Å². The Morgan fingerprint density at radius 1 is 1.29 bits per heavy atom. The van der Waals surface area contributed by atoms with Gasteiger partial charge in [0.05, 0.1) is 12.1 Å². The Morgan fingerprint density at radius 3 is 2.71 bits per heavy atom. The Balaban J connectivity index is 1.82. The third kappa shape index (κ3) is 3.04. The fourth-order valence-corrected chi connectivity index (χ4v) is 3.12. The van der Waals surface area contributed by atoms with Crippen LogP contribution in [0.2, 0.25) is 0 Å². The molecule has 0 fully saturated rings. The molecule has 0 saturated carbocycles. The number of carbonyl (C=O) groups excluding carboxylic acids is 1. The van der Waals surface area contributed by atoms with Crippen LogP contribution < -0.4 is 0 Å². The lowest BCUT2D eigenvalue weighted by Crippen LogP contribution is -2.44. The van der Waals surface area contributed by atoms with E-state index in [9.17, 15) is 14.7 Å². The molecule has 0 spiro atoms. The minimum absolute atomic E-state index is 0.117. The molecule has 126 valence electrons. The van der Waals surface area contributed by atoms with E-state index in [0.29, 0.717) is 24.2 Å². The largest absolute Gasteiger partial charge is 0.479 e. The van der Waals surface area contributed by atoms with Crippen molar-refractivity contribution in [2.24, 2.45) is 0 Å². The van der Waals surface area contributed by atoms with Gasteiger partial charge in [-0.05, 0) is 37.5 Å². The van der Waals surface area contributed by atoms with Gasteiger partial charge in [0.2, 0.25) is 5.91 Å². The van der Waals surface area contributed by atoms with E-state index in [1.54, 1.807) is 10.7 Å². The average Bonchev–Trinajstić information content (AvgIpc) is 3.02. The quantitative estimate of drug-likeness (QED) is 0.934. The van der Waals surface area contributed by atoms with Crippen molar-refractivity contribution in [2.75, 3.05) is 6.54 Å². The third-order valence-corrected chi connectivity index (χ3v) is 4.36. The van der Waals surface area contributed by atoms with E-state index < -0.39 is 12.0 Å². The number of hydrogen-bond donors (Lipinski definition) is 1. The molecule has 2 aromatic rings. The summed E-state index contributed by atoms with van der Waals surface area (Å²) in [5.41, 5.74) is 2.37. The number of nitrogens with zero attached hydrogens (tertiary/aromatic N) is 3. The predicted octanol–water partition coefficient (Wildman–Crippen LogP) is 2.22. The zero-order chi connectivity index (χ0) is 17.3. The van der Waals surface area contributed by atoms with Crippen LogP contribution in [0.4, 0.5) is 0 Å². The van der Waals surface area contributed by atoms with Crippen molar-refractivity contribution < 1.29 is 14.7 Å². The Labute approximate surface area is 140 Å². The van der Waals surface area contributed by atoms with Crippen LogP contribution in [0, 0.1) is 0 Å². The monoisotopic (exact) mass is 327 g/mol. The third-order valence-electron chi connectivity index (χ3n) is 4.36. The van der Waals surface area contributed by atoms with Crippen LogP contribution in [0.15, 0.2) is 36.5 Å². The summed E-state index contributed by atoms with van der Waals surface area (Å²) >= 11 is 0. The lowest BCUT2D eigenvalue weighted by molar-refractivity contribution is -0.151. The molecular weight excluding hydrogens is 306 g/mol. The standard InChI is InChI=1S/C18H21N3O3/c1-12(2)21-10-8-14(19-21)11-16(22)20-9-7-13-5-3-4-6-15(13)17(20)18(23)24/h3-6,8,10,12,17H,7,9,11H2,1-2H3,(H,23,24). The number of carboxylic acids is 1. The molecule has 3 rings (SSSR count). The van der Waals surface area contributed by atoms with Crippen LogP contribution in [0.1, 0.15) is 42.8 Å². The van der Waals surface area contributed by atoms with E-state index >= 15 is 0 Å². The molecule has 0 bridgehead atoms. The fraction of sp³-hybridized carbons (Fsp3) is 0.389. The van der Waals surface area contributed by atoms with Crippen molar-refractivity contribution in [1.29, 1.82) is 0 Å². The minimum atomic E-state index is -0.997. The first-order chi connectivity index (χ1) is 11.5. The number of benzene rings is 1. The van der Waals surface area contributed by atoms with Gasteiger partial charge < -0.3 is 10.0 Å². The molecule has 0 aliphatic carbocycles. The number of carboxylic acid groups (broad SMARTS) is 1. The summed E-state index contributed by atoms with van der Waals surface area (Å²) in [5.74, 6) is -1.20. The SMILES string of the molecule is CC(C)n1ccc(CC(=O)N2CCc3ccccc3C2C(=O)O)n1. The van der Waals surface area contributed by atoms with E-state index in [-0.39, 0.29) is 18.4 Å². The number of rotatable bonds is 4. The predicted molar refractivity (Wildman–Crippen MR) is 88.6 cm³/mol. The highest BCUT2D eigenvalue weighted by atomic mass is 16.4. The van der Waals surface area contributed by atoms with Gasteiger partial charge in [0.25, 0.3) is 0 Å².